The first-order valence-electron chi connectivity index (χ1n) is 8.15. The predicted molar refractivity (Wildman–Crippen MR) is 115 cm³/mol. The molecule has 0 aliphatic carbocycles. The van der Waals surface area contributed by atoms with E-state index < -0.39 is 0 Å². The first kappa shape index (κ1) is 21.0. The minimum absolute atomic E-state index is 0. The molecule has 0 aromatic carbocycles. The largest absolute Gasteiger partial charge is 0.356 e. The van der Waals surface area contributed by atoms with E-state index in [9.17, 15) is 0 Å². The van der Waals surface area contributed by atoms with E-state index in [0.717, 1.165) is 37.3 Å². The molecule has 0 spiro atoms. The summed E-state index contributed by atoms with van der Waals surface area (Å²) in [6.45, 7) is 9.76. The molecule has 0 saturated carbocycles. The summed E-state index contributed by atoms with van der Waals surface area (Å²) in [5.74, 6) is 2.76. The number of thioether (sulfide) groups is 1. The van der Waals surface area contributed by atoms with Crippen LogP contribution in [-0.2, 0) is 6.42 Å². The summed E-state index contributed by atoms with van der Waals surface area (Å²) in [5.41, 5.74) is 1.19. The highest BCUT2D eigenvalue weighted by molar-refractivity contribution is 14.0. The van der Waals surface area contributed by atoms with E-state index >= 15 is 0 Å². The predicted octanol–water partition coefficient (Wildman–Crippen LogP) is 3.83. The van der Waals surface area contributed by atoms with Gasteiger partial charge in [-0.05, 0) is 6.42 Å². The molecule has 2 heterocycles. The summed E-state index contributed by atoms with van der Waals surface area (Å²) in [7, 11) is 1.88. The Morgan fingerprint density at radius 3 is 2.91 bits per heavy atom. The van der Waals surface area contributed by atoms with Crippen molar-refractivity contribution in [2.24, 2.45) is 4.99 Å². The van der Waals surface area contributed by atoms with Crippen LogP contribution in [0.15, 0.2) is 10.4 Å². The van der Waals surface area contributed by atoms with Gasteiger partial charge in [0.1, 0.15) is 0 Å². The fourth-order valence-corrected chi connectivity index (χ4v) is 4.55. The normalized spacial score (nSPS) is 18.9. The Balaban J connectivity index is 0.00000264. The molecule has 23 heavy (non-hydrogen) atoms. The second-order valence-corrected chi connectivity index (χ2v) is 8.20. The third kappa shape index (κ3) is 6.42. The first-order valence-corrected chi connectivity index (χ1v) is 10.1. The van der Waals surface area contributed by atoms with Crippen molar-refractivity contribution in [1.82, 2.24) is 15.2 Å². The smallest absolute Gasteiger partial charge is 0.193 e. The summed E-state index contributed by atoms with van der Waals surface area (Å²) in [6, 6.07) is 0. The Labute approximate surface area is 166 Å². The third-order valence-corrected chi connectivity index (χ3v) is 6.40. The maximum absolute atomic E-state index is 4.69. The van der Waals surface area contributed by atoms with Crippen LogP contribution in [0.4, 0.5) is 0 Å². The van der Waals surface area contributed by atoms with Crippen molar-refractivity contribution in [2.45, 2.75) is 44.8 Å². The molecular weight excluding hydrogens is 439 g/mol. The molecule has 1 atom stereocenters. The first-order chi connectivity index (χ1) is 10.6. The van der Waals surface area contributed by atoms with Gasteiger partial charge in [-0.3, -0.25) is 4.99 Å². The molecule has 1 aliphatic rings. The van der Waals surface area contributed by atoms with Crippen molar-refractivity contribution in [3.63, 3.8) is 0 Å². The van der Waals surface area contributed by atoms with Gasteiger partial charge in [-0.1, -0.05) is 20.8 Å². The Bertz CT molecular complexity index is 490. The molecule has 0 bridgehead atoms. The van der Waals surface area contributed by atoms with E-state index in [1.165, 1.54) is 22.9 Å². The molecule has 1 saturated heterocycles. The summed E-state index contributed by atoms with van der Waals surface area (Å²) in [4.78, 5) is 11.5. The van der Waals surface area contributed by atoms with Crippen LogP contribution in [0.3, 0.4) is 0 Å². The molecule has 132 valence electrons. The monoisotopic (exact) mass is 468 g/mol. The van der Waals surface area contributed by atoms with Gasteiger partial charge < -0.3 is 10.2 Å². The highest BCUT2D eigenvalue weighted by Gasteiger charge is 2.21. The highest BCUT2D eigenvalue weighted by Crippen LogP contribution is 2.21. The lowest BCUT2D eigenvalue weighted by atomic mass is 10.2. The average Bonchev–Trinajstić information content (AvgIpc) is 3.01. The zero-order valence-corrected chi connectivity index (χ0v) is 18.5. The SMILES string of the molecule is CCC1CN(C(=NC)NCCc2csc(C(C)C)n2)CCS1.I. The second-order valence-electron chi connectivity index (χ2n) is 5.90. The van der Waals surface area contributed by atoms with E-state index in [4.69, 9.17) is 4.98 Å². The average molecular weight is 468 g/mol. The molecule has 7 heteroatoms. The molecule has 1 aliphatic heterocycles. The lowest BCUT2D eigenvalue weighted by molar-refractivity contribution is 0.408. The van der Waals surface area contributed by atoms with Crippen LogP contribution in [0.2, 0.25) is 0 Å². The minimum Gasteiger partial charge on any atom is -0.356 e. The van der Waals surface area contributed by atoms with Crippen LogP contribution in [0.5, 0.6) is 0 Å². The zero-order chi connectivity index (χ0) is 15.9. The highest BCUT2D eigenvalue weighted by atomic mass is 127. The fraction of sp³-hybridized carbons (Fsp3) is 0.750. The Kier molecular flexibility index (Phi) is 9.84. The maximum atomic E-state index is 4.69. The molecule has 1 N–H and O–H groups in total. The van der Waals surface area contributed by atoms with Crippen molar-refractivity contribution >= 4 is 53.0 Å². The standard InChI is InChI=1S/C16H28N4S2.HI/c1-5-14-10-20(8-9-21-14)16(17-4)18-7-6-13-11-22-15(19-13)12(2)3;/h11-12,14H,5-10H2,1-4H3,(H,17,18);1H. The van der Waals surface area contributed by atoms with Crippen molar-refractivity contribution in [3.8, 4) is 0 Å². The third-order valence-electron chi connectivity index (χ3n) is 3.83. The lowest BCUT2D eigenvalue weighted by Gasteiger charge is -2.34. The van der Waals surface area contributed by atoms with Gasteiger partial charge in [0.15, 0.2) is 5.96 Å². The molecular formula is C16H29IN4S2. The molecule has 0 amide bonds. The fourth-order valence-electron chi connectivity index (χ4n) is 2.50. The van der Waals surface area contributed by atoms with E-state index in [-0.39, 0.29) is 24.0 Å². The maximum Gasteiger partial charge on any atom is 0.193 e. The number of nitrogens with zero attached hydrogens (tertiary/aromatic N) is 3. The number of hydrogen-bond acceptors (Lipinski definition) is 4. The number of guanidine groups is 1. The second kappa shape index (κ2) is 10.8. The number of halogens is 1. The van der Waals surface area contributed by atoms with Gasteiger partial charge in [0.2, 0.25) is 0 Å². The van der Waals surface area contributed by atoms with Crippen molar-refractivity contribution in [3.05, 3.63) is 16.1 Å². The Morgan fingerprint density at radius 2 is 2.30 bits per heavy atom. The van der Waals surface area contributed by atoms with Gasteiger partial charge in [-0.25, -0.2) is 4.98 Å². The van der Waals surface area contributed by atoms with Crippen LogP contribution in [-0.4, -0.2) is 53.5 Å². The molecule has 1 fully saturated rings. The number of aliphatic imine (C=N–C) groups is 1. The quantitative estimate of drug-likeness (QED) is 0.405. The number of hydrogen-bond donors (Lipinski definition) is 1. The van der Waals surface area contributed by atoms with Crippen LogP contribution in [0.1, 0.15) is 43.8 Å². The topological polar surface area (TPSA) is 40.5 Å². The van der Waals surface area contributed by atoms with Gasteiger partial charge in [0.05, 0.1) is 10.7 Å². The number of nitrogens with one attached hydrogen (secondary N) is 1. The van der Waals surface area contributed by atoms with Crippen LogP contribution in [0, 0.1) is 0 Å². The molecule has 0 radical (unpaired) electrons. The molecule has 1 aromatic heterocycles. The molecule has 4 nitrogen and oxygen atoms in total. The van der Waals surface area contributed by atoms with E-state index in [0.29, 0.717) is 5.92 Å². The summed E-state index contributed by atoms with van der Waals surface area (Å²) in [5, 5.41) is 7.66. The summed E-state index contributed by atoms with van der Waals surface area (Å²) < 4.78 is 0. The van der Waals surface area contributed by atoms with Crippen LogP contribution in [0.25, 0.3) is 0 Å². The Morgan fingerprint density at radius 1 is 1.52 bits per heavy atom. The van der Waals surface area contributed by atoms with E-state index in [2.05, 4.69) is 53.1 Å². The van der Waals surface area contributed by atoms with Gasteiger partial charge >= 0.3 is 0 Å². The molecule has 2 rings (SSSR count). The molecule has 1 unspecified atom stereocenters. The van der Waals surface area contributed by atoms with E-state index in [1.54, 1.807) is 11.3 Å². The lowest BCUT2D eigenvalue weighted by Crippen LogP contribution is -2.48. The van der Waals surface area contributed by atoms with E-state index in [1.807, 2.05) is 7.05 Å². The number of thiazole rings is 1. The van der Waals surface area contributed by atoms with Crippen LogP contribution < -0.4 is 5.32 Å². The van der Waals surface area contributed by atoms with Gasteiger partial charge in [0, 0.05) is 55.4 Å². The summed E-state index contributed by atoms with van der Waals surface area (Å²) in [6.07, 6.45) is 2.19. The number of aromatic nitrogens is 1. The zero-order valence-electron chi connectivity index (χ0n) is 14.5. The van der Waals surface area contributed by atoms with Gasteiger partial charge in [0.25, 0.3) is 0 Å². The van der Waals surface area contributed by atoms with Crippen molar-refractivity contribution < 1.29 is 0 Å². The minimum atomic E-state index is 0. The summed E-state index contributed by atoms with van der Waals surface area (Å²) >= 11 is 3.86. The Hall–Kier alpha value is -0.0200. The van der Waals surface area contributed by atoms with Crippen molar-refractivity contribution in [2.75, 3.05) is 32.4 Å². The molecule has 1 aromatic rings. The van der Waals surface area contributed by atoms with Gasteiger partial charge in [-0.15, -0.1) is 35.3 Å². The van der Waals surface area contributed by atoms with Gasteiger partial charge in [-0.2, -0.15) is 11.8 Å². The van der Waals surface area contributed by atoms with Crippen molar-refractivity contribution in [1.29, 1.82) is 0 Å². The van der Waals surface area contributed by atoms with Crippen LogP contribution >= 0.6 is 47.1 Å². The number of rotatable bonds is 5.